The zero-order chi connectivity index (χ0) is 15.4. The molecule has 2 atom stereocenters. The van der Waals surface area contributed by atoms with Crippen LogP contribution in [0.4, 0.5) is 0 Å². The molecule has 0 fully saturated rings. The average molecular weight is 414 g/mol. The topological polar surface area (TPSA) is 18.5 Å². The van der Waals surface area contributed by atoms with Crippen LogP contribution < -0.4 is 18.2 Å². The van der Waals surface area contributed by atoms with Gasteiger partial charge in [-0.15, -0.1) is 0 Å². The summed E-state index contributed by atoms with van der Waals surface area (Å²) in [5.74, 6) is 3.23. The molecule has 0 saturated heterocycles. The first-order valence-electron chi connectivity index (χ1n) is 6.86. The standard InChI is InChI=1S/C18H16As2O2/c19-13-4-1-6-15(10-13)21-17-8-3-9-18(12-17)22-16-7-2-5-14(20)11-16/h1-12H,19-20H2. The van der Waals surface area contributed by atoms with Gasteiger partial charge in [-0.2, -0.15) is 0 Å². The summed E-state index contributed by atoms with van der Waals surface area (Å²) in [4.78, 5) is 0. The Morgan fingerprint density at radius 1 is 0.500 bits per heavy atom. The molecule has 0 radical (unpaired) electrons. The number of ether oxygens (including phenoxy) is 2. The van der Waals surface area contributed by atoms with Crippen LogP contribution in [-0.4, -0.2) is 33.7 Å². The van der Waals surface area contributed by atoms with E-state index in [1.807, 2.05) is 60.7 Å². The third-order valence-electron chi connectivity index (χ3n) is 2.99. The zero-order valence-corrected chi connectivity index (χ0v) is 16.7. The third-order valence-corrected chi connectivity index (χ3v) is 4.50. The van der Waals surface area contributed by atoms with E-state index >= 15 is 0 Å². The SMILES string of the molecule is [AsH2]c1cccc(Oc2cccc(Oc3cccc([AsH2])c3)c2)c1. The van der Waals surface area contributed by atoms with Gasteiger partial charge in [0.1, 0.15) is 0 Å². The van der Waals surface area contributed by atoms with Crippen LogP contribution in [0, 0.1) is 0 Å². The predicted molar refractivity (Wildman–Crippen MR) is 95.8 cm³/mol. The minimum absolute atomic E-state index is 0.771. The molecule has 0 aliphatic carbocycles. The summed E-state index contributed by atoms with van der Waals surface area (Å²) in [6, 6.07) is 23.8. The second-order valence-corrected chi connectivity index (χ2v) is 7.62. The monoisotopic (exact) mass is 414 g/mol. The van der Waals surface area contributed by atoms with Gasteiger partial charge in [-0.25, -0.2) is 0 Å². The Labute approximate surface area is 147 Å². The van der Waals surface area contributed by atoms with Crippen LogP contribution in [-0.2, 0) is 0 Å². The van der Waals surface area contributed by atoms with E-state index in [9.17, 15) is 0 Å². The van der Waals surface area contributed by atoms with Crippen molar-refractivity contribution in [3.05, 3.63) is 72.8 Å². The van der Waals surface area contributed by atoms with Gasteiger partial charge in [-0.3, -0.25) is 0 Å². The molecule has 0 bridgehead atoms. The normalized spacial score (nSPS) is 10.3. The Kier molecular flexibility index (Phi) is 4.93. The number of hydrogen-bond acceptors (Lipinski definition) is 2. The Hall–Kier alpha value is -1.62. The summed E-state index contributed by atoms with van der Waals surface area (Å²) in [6.45, 7) is 0. The van der Waals surface area contributed by atoms with Crippen LogP contribution in [0.5, 0.6) is 23.0 Å². The van der Waals surface area contributed by atoms with Crippen molar-refractivity contribution in [1.82, 2.24) is 0 Å². The van der Waals surface area contributed by atoms with Crippen molar-refractivity contribution in [2.75, 3.05) is 0 Å². The van der Waals surface area contributed by atoms with Crippen molar-refractivity contribution in [1.29, 1.82) is 0 Å². The van der Waals surface area contributed by atoms with Gasteiger partial charge in [0, 0.05) is 0 Å². The van der Waals surface area contributed by atoms with Crippen LogP contribution in [0.1, 0.15) is 0 Å². The maximum absolute atomic E-state index is 5.89. The molecule has 0 saturated carbocycles. The van der Waals surface area contributed by atoms with Crippen LogP contribution in [0.25, 0.3) is 0 Å². The first-order chi connectivity index (χ1) is 10.7. The van der Waals surface area contributed by atoms with E-state index in [2.05, 4.69) is 12.1 Å². The molecule has 0 amide bonds. The molecule has 3 aromatic carbocycles. The van der Waals surface area contributed by atoms with Gasteiger partial charge in [-0.05, 0) is 0 Å². The first-order valence-corrected chi connectivity index (χ1v) is 9.28. The van der Waals surface area contributed by atoms with Crippen molar-refractivity contribution < 1.29 is 9.47 Å². The van der Waals surface area contributed by atoms with Gasteiger partial charge < -0.3 is 0 Å². The summed E-state index contributed by atoms with van der Waals surface area (Å²) in [5.41, 5.74) is 0. The zero-order valence-electron chi connectivity index (χ0n) is 11.9. The molecule has 0 aliphatic heterocycles. The van der Waals surface area contributed by atoms with Crippen molar-refractivity contribution in [2.24, 2.45) is 0 Å². The molecule has 2 nitrogen and oxygen atoms in total. The Morgan fingerprint density at radius 2 is 0.864 bits per heavy atom. The van der Waals surface area contributed by atoms with Crippen molar-refractivity contribution in [2.45, 2.75) is 0 Å². The Morgan fingerprint density at radius 3 is 1.27 bits per heavy atom. The summed E-state index contributed by atoms with van der Waals surface area (Å²) >= 11 is 3.17. The first kappa shape index (κ1) is 15.3. The van der Waals surface area contributed by atoms with Gasteiger partial charge in [0.25, 0.3) is 0 Å². The fourth-order valence-corrected chi connectivity index (χ4v) is 3.18. The molecule has 3 aromatic rings. The predicted octanol–water partition coefficient (Wildman–Crippen LogP) is 1.79. The van der Waals surface area contributed by atoms with E-state index in [-0.39, 0.29) is 0 Å². The van der Waals surface area contributed by atoms with E-state index in [0.29, 0.717) is 0 Å². The quantitative estimate of drug-likeness (QED) is 0.607. The summed E-state index contributed by atoms with van der Waals surface area (Å²) in [6.07, 6.45) is 0. The molecule has 4 heteroatoms. The van der Waals surface area contributed by atoms with Crippen molar-refractivity contribution >= 4 is 42.4 Å². The second-order valence-electron chi connectivity index (χ2n) is 4.82. The minimum atomic E-state index is 0.771. The van der Waals surface area contributed by atoms with Gasteiger partial charge in [0.15, 0.2) is 0 Å². The molecule has 22 heavy (non-hydrogen) atoms. The van der Waals surface area contributed by atoms with Crippen molar-refractivity contribution in [3.8, 4) is 23.0 Å². The van der Waals surface area contributed by atoms with E-state index in [1.165, 1.54) is 8.70 Å². The van der Waals surface area contributed by atoms with E-state index in [1.54, 1.807) is 33.7 Å². The molecular formula is C18H16As2O2. The molecule has 0 aliphatic rings. The average Bonchev–Trinajstić information content (AvgIpc) is 2.47. The fourth-order valence-electron chi connectivity index (χ4n) is 2.03. The fraction of sp³-hybridized carbons (Fsp3) is 0. The molecule has 2 unspecified atom stereocenters. The number of hydrogen-bond donors (Lipinski definition) is 0. The maximum atomic E-state index is 5.89. The van der Waals surface area contributed by atoms with Gasteiger partial charge in [0.05, 0.1) is 0 Å². The molecule has 110 valence electrons. The van der Waals surface area contributed by atoms with E-state index in [0.717, 1.165) is 23.0 Å². The van der Waals surface area contributed by atoms with Crippen LogP contribution in [0.3, 0.4) is 0 Å². The van der Waals surface area contributed by atoms with E-state index < -0.39 is 0 Å². The van der Waals surface area contributed by atoms with Crippen LogP contribution in [0.15, 0.2) is 72.8 Å². The summed E-state index contributed by atoms with van der Waals surface area (Å²) < 4.78 is 14.3. The van der Waals surface area contributed by atoms with Gasteiger partial charge in [0.2, 0.25) is 0 Å². The molecule has 3 rings (SSSR count). The third kappa shape index (κ3) is 4.19. The molecule has 0 heterocycles. The Bertz CT molecular complexity index is 725. The molecule has 0 N–H and O–H groups in total. The second kappa shape index (κ2) is 7.09. The van der Waals surface area contributed by atoms with Gasteiger partial charge in [-0.1, -0.05) is 0 Å². The van der Waals surface area contributed by atoms with E-state index in [4.69, 9.17) is 9.47 Å². The molecular weight excluding hydrogens is 398 g/mol. The number of rotatable bonds is 4. The molecule has 0 spiro atoms. The van der Waals surface area contributed by atoms with Gasteiger partial charge >= 0.3 is 148 Å². The van der Waals surface area contributed by atoms with Crippen molar-refractivity contribution in [3.63, 3.8) is 0 Å². The Balaban J connectivity index is 1.78. The molecule has 0 aromatic heterocycles. The summed E-state index contributed by atoms with van der Waals surface area (Å²) in [7, 11) is 0. The van der Waals surface area contributed by atoms with Crippen LogP contribution >= 0.6 is 0 Å². The summed E-state index contributed by atoms with van der Waals surface area (Å²) in [5, 5.41) is 0. The number of benzene rings is 3. The van der Waals surface area contributed by atoms with Crippen LogP contribution in [0.2, 0.25) is 0 Å².